The molecule has 1 atom stereocenters. The molecule has 0 aromatic heterocycles. The van der Waals surface area contributed by atoms with Crippen molar-refractivity contribution >= 4 is 10.0 Å². The highest BCUT2D eigenvalue weighted by atomic mass is 32.2. The Morgan fingerprint density at radius 3 is 2.45 bits per heavy atom. The number of hydrogen-bond acceptors (Lipinski definition) is 3. The first kappa shape index (κ1) is 16.7. The van der Waals surface area contributed by atoms with Gasteiger partial charge in [-0.1, -0.05) is 27.2 Å². The molecule has 0 saturated heterocycles. The van der Waals surface area contributed by atoms with Gasteiger partial charge in [0, 0.05) is 13.1 Å². The summed E-state index contributed by atoms with van der Waals surface area (Å²) in [5.41, 5.74) is 1.20. The highest BCUT2D eigenvalue weighted by molar-refractivity contribution is 7.89. The number of nitrogens with zero attached hydrogens (tertiary/aromatic N) is 2. The highest BCUT2D eigenvalue weighted by Crippen LogP contribution is 2.20. The third-order valence-corrected chi connectivity index (χ3v) is 5.46. The first-order chi connectivity index (χ1) is 9.36. The van der Waals surface area contributed by atoms with E-state index in [0.29, 0.717) is 30.1 Å². The second-order valence-electron chi connectivity index (χ2n) is 5.06. The fourth-order valence-corrected chi connectivity index (χ4v) is 3.60. The van der Waals surface area contributed by atoms with Crippen molar-refractivity contribution in [2.45, 2.75) is 39.0 Å². The largest absolute Gasteiger partial charge is 0.243 e. The quantitative estimate of drug-likeness (QED) is 0.810. The number of aryl methyl sites for hydroxylation is 1. The van der Waals surface area contributed by atoms with Crippen LogP contribution in [0.1, 0.15) is 38.3 Å². The number of sulfonamides is 1. The Hall–Kier alpha value is -1.38. The molecule has 20 heavy (non-hydrogen) atoms. The second-order valence-corrected chi connectivity index (χ2v) is 7.00. The summed E-state index contributed by atoms with van der Waals surface area (Å²) in [6.07, 6.45) is 0.943. The zero-order valence-corrected chi connectivity index (χ0v) is 13.4. The Kier molecular flexibility index (Phi) is 5.73. The van der Waals surface area contributed by atoms with E-state index < -0.39 is 10.0 Å². The van der Waals surface area contributed by atoms with Gasteiger partial charge in [-0.15, -0.1) is 0 Å². The lowest BCUT2D eigenvalue weighted by Crippen LogP contribution is -2.34. The van der Waals surface area contributed by atoms with E-state index in [0.717, 1.165) is 6.42 Å². The summed E-state index contributed by atoms with van der Waals surface area (Å²) in [5.74, 6) is 0.323. The average Bonchev–Trinajstić information content (AvgIpc) is 2.43. The van der Waals surface area contributed by atoms with Crippen LogP contribution >= 0.6 is 0 Å². The van der Waals surface area contributed by atoms with Gasteiger partial charge in [0.05, 0.1) is 16.5 Å². The zero-order chi connectivity index (χ0) is 15.3. The van der Waals surface area contributed by atoms with Crippen LogP contribution < -0.4 is 0 Å². The predicted octanol–water partition coefficient (Wildman–Crippen LogP) is 2.92. The van der Waals surface area contributed by atoms with Gasteiger partial charge in [0.25, 0.3) is 0 Å². The van der Waals surface area contributed by atoms with Crippen LogP contribution in [0, 0.1) is 24.2 Å². The monoisotopic (exact) mass is 294 g/mol. The number of rotatable bonds is 6. The lowest BCUT2D eigenvalue weighted by Gasteiger charge is -2.23. The molecule has 1 unspecified atom stereocenters. The maximum Gasteiger partial charge on any atom is 0.243 e. The van der Waals surface area contributed by atoms with Crippen molar-refractivity contribution in [1.82, 2.24) is 4.31 Å². The summed E-state index contributed by atoms with van der Waals surface area (Å²) < 4.78 is 26.7. The summed E-state index contributed by atoms with van der Waals surface area (Å²) in [6.45, 7) is 8.66. The van der Waals surface area contributed by atoms with Crippen LogP contribution in [0.3, 0.4) is 0 Å². The fourth-order valence-electron chi connectivity index (χ4n) is 1.95. The molecular formula is C15H22N2O2S. The zero-order valence-electron chi connectivity index (χ0n) is 12.5. The van der Waals surface area contributed by atoms with E-state index in [1.165, 1.54) is 10.4 Å². The van der Waals surface area contributed by atoms with Gasteiger partial charge in [-0.25, -0.2) is 8.42 Å². The molecule has 0 saturated carbocycles. The summed E-state index contributed by atoms with van der Waals surface area (Å²) in [7, 11) is -3.48. The number of benzene rings is 1. The lowest BCUT2D eigenvalue weighted by atomic mass is 10.1. The van der Waals surface area contributed by atoms with Crippen LogP contribution in [0.5, 0.6) is 0 Å². The third kappa shape index (κ3) is 3.59. The van der Waals surface area contributed by atoms with E-state index >= 15 is 0 Å². The standard InChI is InChI=1S/C15H22N2O2S/c1-5-12(3)11-17(6-2)20(18,19)15-8-7-14(10-16)13(4)9-15/h7-9,12H,5-6,11H2,1-4H3. The van der Waals surface area contributed by atoms with E-state index in [9.17, 15) is 8.42 Å². The van der Waals surface area contributed by atoms with Crippen LogP contribution in [0.2, 0.25) is 0 Å². The summed E-state index contributed by atoms with van der Waals surface area (Å²) in [5, 5.41) is 8.91. The molecule has 0 bridgehead atoms. The van der Waals surface area contributed by atoms with Crippen molar-refractivity contribution in [2.24, 2.45) is 5.92 Å². The molecule has 0 aliphatic rings. The molecule has 5 heteroatoms. The normalized spacial score (nSPS) is 13.2. The van der Waals surface area contributed by atoms with E-state index in [-0.39, 0.29) is 4.90 Å². The van der Waals surface area contributed by atoms with Gasteiger partial charge in [0.15, 0.2) is 0 Å². The molecule has 1 aromatic rings. The van der Waals surface area contributed by atoms with Crippen molar-refractivity contribution in [3.05, 3.63) is 29.3 Å². The van der Waals surface area contributed by atoms with Gasteiger partial charge < -0.3 is 0 Å². The van der Waals surface area contributed by atoms with Gasteiger partial charge in [-0.2, -0.15) is 9.57 Å². The van der Waals surface area contributed by atoms with E-state index in [4.69, 9.17) is 5.26 Å². The van der Waals surface area contributed by atoms with Crippen LogP contribution in [-0.4, -0.2) is 25.8 Å². The molecule has 0 aliphatic carbocycles. The topological polar surface area (TPSA) is 61.2 Å². The summed E-state index contributed by atoms with van der Waals surface area (Å²) in [4.78, 5) is 0.263. The summed E-state index contributed by atoms with van der Waals surface area (Å²) >= 11 is 0. The van der Waals surface area contributed by atoms with E-state index in [1.807, 2.05) is 13.8 Å². The molecule has 4 nitrogen and oxygen atoms in total. The van der Waals surface area contributed by atoms with Crippen LogP contribution in [0.25, 0.3) is 0 Å². The van der Waals surface area contributed by atoms with Gasteiger partial charge in [0.1, 0.15) is 0 Å². The second kappa shape index (κ2) is 6.87. The Balaban J connectivity index is 3.14. The van der Waals surface area contributed by atoms with E-state index in [2.05, 4.69) is 13.0 Å². The SMILES string of the molecule is CCC(C)CN(CC)S(=O)(=O)c1ccc(C#N)c(C)c1. The van der Waals surface area contributed by atoms with Crippen molar-refractivity contribution in [2.75, 3.05) is 13.1 Å². The Bertz CT molecular complexity index is 603. The first-order valence-corrected chi connectivity index (χ1v) is 8.31. The Morgan fingerprint density at radius 2 is 2.00 bits per heavy atom. The fraction of sp³-hybridized carbons (Fsp3) is 0.533. The first-order valence-electron chi connectivity index (χ1n) is 6.87. The van der Waals surface area contributed by atoms with Crippen molar-refractivity contribution in [3.8, 4) is 6.07 Å². The molecular weight excluding hydrogens is 272 g/mol. The molecule has 0 fully saturated rings. The maximum atomic E-state index is 12.6. The minimum Gasteiger partial charge on any atom is -0.207 e. The highest BCUT2D eigenvalue weighted by Gasteiger charge is 2.24. The van der Waals surface area contributed by atoms with Crippen molar-refractivity contribution in [1.29, 1.82) is 5.26 Å². The molecule has 0 heterocycles. The summed E-state index contributed by atoms with van der Waals surface area (Å²) in [6, 6.07) is 6.71. The smallest absolute Gasteiger partial charge is 0.207 e. The van der Waals surface area contributed by atoms with Gasteiger partial charge in [-0.05, 0) is 36.6 Å². The van der Waals surface area contributed by atoms with Crippen LogP contribution in [0.15, 0.2) is 23.1 Å². The van der Waals surface area contributed by atoms with E-state index in [1.54, 1.807) is 19.1 Å². The molecule has 0 amide bonds. The molecule has 0 spiro atoms. The average molecular weight is 294 g/mol. The molecule has 1 aromatic carbocycles. The molecule has 0 N–H and O–H groups in total. The molecule has 0 radical (unpaired) electrons. The minimum absolute atomic E-state index is 0.263. The third-order valence-electron chi connectivity index (χ3n) is 3.52. The minimum atomic E-state index is -3.48. The van der Waals surface area contributed by atoms with Gasteiger partial charge in [0.2, 0.25) is 10.0 Å². The maximum absolute atomic E-state index is 12.6. The Morgan fingerprint density at radius 1 is 1.35 bits per heavy atom. The molecule has 110 valence electrons. The lowest BCUT2D eigenvalue weighted by molar-refractivity contribution is 0.361. The van der Waals surface area contributed by atoms with Crippen LogP contribution in [-0.2, 0) is 10.0 Å². The van der Waals surface area contributed by atoms with Gasteiger partial charge >= 0.3 is 0 Å². The number of hydrogen-bond donors (Lipinski definition) is 0. The van der Waals surface area contributed by atoms with Crippen LogP contribution in [0.4, 0.5) is 0 Å². The Labute approximate surface area is 122 Å². The van der Waals surface area contributed by atoms with Crippen molar-refractivity contribution < 1.29 is 8.42 Å². The van der Waals surface area contributed by atoms with Crippen molar-refractivity contribution in [3.63, 3.8) is 0 Å². The predicted molar refractivity (Wildman–Crippen MR) is 79.8 cm³/mol. The number of nitriles is 1. The molecule has 1 rings (SSSR count). The van der Waals surface area contributed by atoms with Gasteiger partial charge in [-0.3, -0.25) is 0 Å². The molecule has 0 aliphatic heterocycles.